The Labute approximate surface area is 191 Å². The minimum absolute atomic E-state index is 0.305. The van der Waals surface area contributed by atoms with Crippen LogP contribution in [-0.4, -0.2) is 41.6 Å². The van der Waals surface area contributed by atoms with E-state index in [1.54, 1.807) is 18.7 Å². The Morgan fingerprint density at radius 1 is 1.03 bits per heavy atom. The van der Waals surface area contributed by atoms with Gasteiger partial charge in [0.1, 0.15) is 12.1 Å². The molecule has 2 N–H and O–H groups in total. The van der Waals surface area contributed by atoms with E-state index in [0.717, 1.165) is 20.6 Å². The fraction of sp³-hybridized carbons (Fsp3) is 0.240. The van der Waals surface area contributed by atoms with Crippen molar-refractivity contribution in [1.29, 1.82) is 0 Å². The average molecular weight is 448 g/mol. The summed E-state index contributed by atoms with van der Waals surface area (Å²) in [6.45, 7) is 3.86. The van der Waals surface area contributed by atoms with E-state index in [4.69, 9.17) is 0 Å². The number of hydrogen-bond acceptors (Lipinski definition) is 4. The molecule has 32 heavy (non-hydrogen) atoms. The second kappa shape index (κ2) is 9.04. The van der Waals surface area contributed by atoms with Crippen molar-refractivity contribution >= 4 is 40.4 Å². The quantitative estimate of drug-likeness (QED) is 0.328. The molecule has 0 aromatic heterocycles. The van der Waals surface area contributed by atoms with Gasteiger partial charge in [-0.3, -0.25) is 14.5 Å². The second-order valence-electron chi connectivity index (χ2n) is 7.98. The summed E-state index contributed by atoms with van der Waals surface area (Å²) in [4.78, 5) is 40.3. The lowest BCUT2D eigenvalue weighted by molar-refractivity contribution is -0.134. The first kappa shape index (κ1) is 21.9. The number of rotatable bonds is 7. The minimum Gasteiger partial charge on any atom is -0.354 e. The lowest BCUT2D eigenvalue weighted by Crippen LogP contribution is -2.43. The molecule has 6 nitrogen and oxygen atoms in total. The fourth-order valence-corrected chi connectivity index (χ4v) is 4.65. The summed E-state index contributed by atoms with van der Waals surface area (Å²) in [5.41, 5.74) is 0.692. The molecule has 7 heteroatoms. The number of aryl methyl sites for hydroxylation is 1. The third-order valence-electron chi connectivity index (χ3n) is 5.62. The number of nitrogens with zero attached hydrogens (tertiary/aromatic N) is 1. The molecule has 3 aromatic rings. The van der Waals surface area contributed by atoms with Crippen LogP contribution >= 0.6 is 11.8 Å². The highest BCUT2D eigenvalue weighted by atomic mass is 32.2. The summed E-state index contributed by atoms with van der Waals surface area (Å²) in [5.74, 6) is -0.0916. The lowest BCUT2D eigenvalue weighted by atomic mass is 9.88. The molecule has 1 aliphatic rings. The Hall–Kier alpha value is -3.32. The summed E-state index contributed by atoms with van der Waals surface area (Å²) in [5, 5.41) is 7.46. The molecule has 0 radical (unpaired) electrons. The van der Waals surface area contributed by atoms with E-state index in [9.17, 15) is 14.4 Å². The van der Waals surface area contributed by atoms with Crippen LogP contribution in [0, 0.1) is 6.92 Å². The zero-order valence-corrected chi connectivity index (χ0v) is 18.9. The van der Waals surface area contributed by atoms with Crippen molar-refractivity contribution in [3.63, 3.8) is 0 Å². The van der Waals surface area contributed by atoms with Gasteiger partial charge in [0.25, 0.3) is 5.91 Å². The first-order valence-corrected chi connectivity index (χ1v) is 11.5. The molecule has 0 bridgehead atoms. The van der Waals surface area contributed by atoms with Crippen LogP contribution in [0.2, 0.25) is 0 Å². The zero-order chi connectivity index (χ0) is 22.7. The summed E-state index contributed by atoms with van der Waals surface area (Å²) < 4.78 is 0. The van der Waals surface area contributed by atoms with Gasteiger partial charge in [0.2, 0.25) is 5.91 Å². The van der Waals surface area contributed by atoms with Crippen molar-refractivity contribution < 1.29 is 14.4 Å². The number of hydrogen-bond donors (Lipinski definition) is 2. The molecule has 1 aliphatic heterocycles. The van der Waals surface area contributed by atoms with Crippen molar-refractivity contribution in [3.05, 3.63) is 77.9 Å². The van der Waals surface area contributed by atoms with Gasteiger partial charge in [0, 0.05) is 17.2 Å². The maximum absolute atomic E-state index is 13.2. The summed E-state index contributed by atoms with van der Waals surface area (Å²) in [6.07, 6.45) is 0. The highest BCUT2D eigenvalue weighted by molar-refractivity contribution is 7.99. The Morgan fingerprint density at radius 3 is 2.53 bits per heavy atom. The van der Waals surface area contributed by atoms with E-state index in [1.807, 2.05) is 73.7 Å². The van der Waals surface area contributed by atoms with Crippen LogP contribution in [0.1, 0.15) is 18.1 Å². The molecule has 3 aromatic carbocycles. The van der Waals surface area contributed by atoms with Crippen molar-refractivity contribution in [2.75, 3.05) is 18.8 Å². The highest BCUT2D eigenvalue weighted by Crippen LogP contribution is 2.33. The van der Waals surface area contributed by atoms with E-state index in [0.29, 0.717) is 17.9 Å². The summed E-state index contributed by atoms with van der Waals surface area (Å²) in [6, 6.07) is 21.0. The molecule has 0 unspecified atom stereocenters. The van der Waals surface area contributed by atoms with Crippen LogP contribution < -0.4 is 10.6 Å². The predicted octanol–water partition coefficient (Wildman–Crippen LogP) is 3.82. The second-order valence-corrected chi connectivity index (χ2v) is 9.15. The van der Waals surface area contributed by atoms with Gasteiger partial charge in [0.05, 0.1) is 0 Å². The van der Waals surface area contributed by atoms with E-state index in [2.05, 4.69) is 10.6 Å². The first-order chi connectivity index (χ1) is 15.4. The van der Waals surface area contributed by atoms with Crippen molar-refractivity contribution in [3.8, 4) is 0 Å². The van der Waals surface area contributed by atoms with Crippen molar-refractivity contribution in [1.82, 2.24) is 15.5 Å². The van der Waals surface area contributed by atoms with Gasteiger partial charge in [0.15, 0.2) is 0 Å². The average Bonchev–Trinajstić information content (AvgIpc) is 3.01. The summed E-state index contributed by atoms with van der Waals surface area (Å²) >= 11 is 1.64. The van der Waals surface area contributed by atoms with Crippen LogP contribution in [0.25, 0.3) is 10.8 Å². The van der Waals surface area contributed by atoms with Crippen molar-refractivity contribution in [2.45, 2.75) is 24.3 Å². The highest BCUT2D eigenvalue weighted by Gasteiger charge is 2.50. The van der Waals surface area contributed by atoms with E-state index < -0.39 is 17.5 Å². The first-order valence-electron chi connectivity index (χ1n) is 10.5. The SMILES string of the molecule is Cc1ccc(SCCNC(=O)CN2C(=O)N[C@@](C)(c3cccc4ccccc34)C2=O)cc1. The van der Waals surface area contributed by atoms with E-state index in [1.165, 1.54) is 5.56 Å². The Balaban J connectivity index is 1.38. The van der Waals surface area contributed by atoms with Crippen LogP contribution in [-0.2, 0) is 15.1 Å². The van der Waals surface area contributed by atoms with Gasteiger partial charge < -0.3 is 10.6 Å². The molecule has 1 atom stereocenters. The smallest absolute Gasteiger partial charge is 0.325 e. The number of nitrogens with one attached hydrogen (secondary N) is 2. The Bertz CT molecular complexity index is 1170. The predicted molar refractivity (Wildman–Crippen MR) is 126 cm³/mol. The van der Waals surface area contributed by atoms with Crippen LogP contribution in [0.5, 0.6) is 0 Å². The number of urea groups is 1. The number of benzene rings is 3. The van der Waals surface area contributed by atoms with Gasteiger partial charge in [-0.1, -0.05) is 60.2 Å². The number of amides is 4. The minimum atomic E-state index is -1.22. The molecule has 1 fully saturated rings. The number of thioether (sulfide) groups is 1. The maximum Gasteiger partial charge on any atom is 0.325 e. The van der Waals surface area contributed by atoms with E-state index in [-0.39, 0.29) is 12.5 Å². The molecule has 164 valence electrons. The molecule has 4 rings (SSSR count). The molecular formula is C25H25N3O3S. The number of carbonyl (C=O) groups is 3. The number of imide groups is 1. The third kappa shape index (κ3) is 4.34. The molecular weight excluding hydrogens is 422 g/mol. The Kier molecular flexibility index (Phi) is 6.19. The maximum atomic E-state index is 13.2. The van der Waals surface area contributed by atoms with Crippen molar-refractivity contribution in [2.24, 2.45) is 0 Å². The van der Waals surface area contributed by atoms with Crippen LogP contribution in [0.4, 0.5) is 4.79 Å². The van der Waals surface area contributed by atoms with Crippen LogP contribution in [0.3, 0.4) is 0 Å². The van der Waals surface area contributed by atoms with Gasteiger partial charge in [-0.25, -0.2) is 4.79 Å². The third-order valence-corrected chi connectivity index (χ3v) is 6.63. The van der Waals surface area contributed by atoms with Gasteiger partial charge in [-0.05, 0) is 42.3 Å². The molecule has 4 amide bonds. The topological polar surface area (TPSA) is 78.5 Å². The van der Waals surface area contributed by atoms with E-state index >= 15 is 0 Å². The van der Waals surface area contributed by atoms with Crippen LogP contribution in [0.15, 0.2) is 71.6 Å². The molecule has 0 saturated carbocycles. The van der Waals surface area contributed by atoms with Gasteiger partial charge in [-0.2, -0.15) is 0 Å². The molecule has 0 aliphatic carbocycles. The zero-order valence-electron chi connectivity index (χ0n) is 18.1. The number of fused-ring (bicyclic) bond motifs is 1. The largest absolute Gasteiger partial charge is 0.354 e. The molecule has 1 saturated heterocycles. The standard InChI is InChI=1S/C25H25N3O3S/c1-17-10-12-19(13-11-17)32-15-14-26-22(29)16-28-23(30)25(2,27-24(28)31)21-9-5-7-18-6-3-4-8-20(18)21/h3-13H,14-16H2,1-2H3,(H,26,29)(H,27,31)/t25-/m0/s1. The molecule has 1 heterocycles. The monoisotopic (exact) mass is 447 g/mol. The molecule has 0 spiro atoms. The summed E-state index contributed by atoms with van der Waals surface area (Å²) in [7, 11) is 0. The van der Waals surface area contributed by atoms with Gasteiger partial charge >= 0.3 is 6.03 Å². The Morgan fingerprint density at radius 2 is 1.75 bits per heavy atom. The lowest BCUT2D eigenvalue weighted by Gasteiger charge is -2.24. The number of carbonyl (C=O) groups excluding carboxylic acids is 3. The fourth-order valence-electron chi connectivity index (χ4n) is 3.88. The van der Waals surface area contributed by atoms with Gasteiger partial charge in [-0.15, -0.1) is 11.8 Å². The normalized spacial score (nSPS) is 18.1.